The molecule has 0 aliphatic heterocycles. The van der Waals surface area contributed by atoms with E-state index in [9.17, 15) is 14.7 Å². The molecule has 2 aliphatic rings. The fourth-order valence-corrected chi connectivity index (χ4v) is 5.57. The van der Waals surface area contributed by atoms with Gasteiger partial charge in [-0.15, -0.1) is 0 Å². The summed E-state index contributed by atoms with van der Waals surface area (Å²) in [5.74, 6) is 0.760. The largest absolute Gasteiger partial charge is 0.469 e. The third-order valence-corrected chi connectivity index (χ3v) is 7.47. The summed E-state index contributed by atoms with van der Waals surface area (Å²) in [4.78, 5) is 34.5. The van der Waals surface area contributed by atoms with Gasteiger partial charge in [-0.05, 0) is 62.2 Å². The summed E-state index contributed by atoms with van der Waals surface area (Å²) in [7, 11) is 1.43. The second-order valence-electron chi connectivity index (χ2n) is 8.30. The molecule has 0 radical (unpaired) electrons. The van der Waals surface area contributed by atoms with Crippen molar-refractivity contribution < 1.29 is 19.4 Å². The first kappa shape index (κ1) is 26.0. The minimum absolute atomic E-state index is 0.00531. The minimum Gasteiger partial charge on any atom is -0.469 e. The van der Waals surface area contributed by atoms with Crippen molar-refractivity contribution in [1.82, 2.24) is 14.9 Å². The Balaban J connectivity index is 1.66. The maximum absolute atomic E-state index is 13.3. The molecule has 1 amide bonds. The molecule has 1 heterocycles. The van der Waals surface area contributed by atoms with Crippen molar-refractivity contribution in [3.05, 3.63) is 39.8 Å². The number of thioether (sulfide) groups is 1. The van der Waals surface area contributed by atoms with E-state index in [0.717, 1.165) is 32.1 Å². The Morgan fingerprint density at radius 3 is 2.39 bits per heavy atom. The van der Waals surface area contributed by atoms with Crippen molar-refractivity contribution in [2.75, 3.05) is 26.5 Å². The number of carbonyl (C=O) groups is 2. The second kappa shape index (κ2) is 12.2. The molecule has 1 fully saturated rings. The zero-order chi connectivity index (χ0) is 24.0. The maximum atomic E-state index is 13.3. The lowest BCUT2D eigenvalue weighted by molar-refractivity contribution is -0.142. The average molecular weight is 514 g/mol. The van der Waals surface area contributed by atoms with Crippen molar-refractivity contribution in [3.63, 3.8) is 0 Å². The van der Waals surface area contributed by atoms with Crippen molar-refractivity contribution in [2.24, 2.45) is 17.8 Å². The van der Waals surface area contributed by atoms with Gasteiger partial charge in [-0.1, -0.05) is 47.1 Å². The summed E-state index contributed by atoms with van der Waals surface area (Å²) in [6.07, 6.45) is 13.4. The molecule has 0 spiro atoms. The molecule has 1 atom stereocenters. The number of nitrogens with zero attached hydrogens (tertiary/aromatic N) is 3. The molecule has 1 aromatic heterocycles. The summed E-state index contributed by atoms with van der Waals surface area (Å²) >= 11 is 13.8. The highest BCUT2D eigenvalue weighted by molar-refractivity contribution is 7.98. The first-order valence-corrected chi connectivity index (χ1v) is 13.0. The molecule has 180 valence electrons. The van der Waals surface area contributed by atoms with Gasteiger partial charge in [0.1, 0.15) is 15.9 Å². The molecule has 2 aliphatic carbocycles. The molecule has 3 rings (SSSR count). The molecule has 1 aromatic rings. The van der Waals surface area contributed by atoms with Crippen molar-refractivity contribution in [2.45, 2.75) is 43.7 Å². The molecule has 0 bridgehead atoms. The highest BCUT2D eigenvalue weighted by Gasteiger charge is 2.30. The van der Waals surface area contributed by atoms with Gasteiger partial charge >= 0.3 is 5.97 Å². The Labute approximate surface area is 208 Å². The van der Waals surface area contributed by atoms with Gasteiger partial charge in [0.2, 0.25) is 0 Å². The van der Waals surface area contributed by atoms with Crippen LogP contribution in [0.4, 0.5) is 0 Å². The summed E-state index contributed by atoms with van der Waals surface area (Å²) in [5.41, 5.74) is 0.732. The van der Waals surface area contributed by atoms with Crippen LogP contribution in [0.25, 0.3) is 0 Å². The number of esters is 1. The normalized spacial score (nSPS) is 22.6. The van der Waals surface area contributed by atoms with Crippen LogP contribution in [0.15, 0.2) is 29.1 Å². The van der Waals surface area contributed by atoms with Gasteiger partial charge in [0.25, 0.3) is 5.91 Å². The predicted molar refractivity (Wildman–Crippen MR) is 129 cm³/mol. The Morgan fingerprint density at radius 2 is 1.88 bits per heavy atom. The van der Waals surface area contributed by atoms with E-state index in [-0.39, 0.29) is 35.0 Å². The topological polar surface area (TPSA) is 92.6 Å². The van der Waals surface area contributed by atoms with Gasteiger partial charge < -0.3 is 14.7 Å². The third-order valence-electron chi connectivity index (χ3n) is 6.37. The average Bonchev–Trinajstić information content (AvgIpc) is 2.82. The zero-order valence-electron chi connectivity index (χ0n) is 18.8. The highest BCUT2D eigenvalue weighted by atomic mass is 35.5. The van der Waals surface area contributed by atoms with Crippen LogP contribution in [0.2, 0.25) is 10.3 Å². The molecule has 10 heteroatoms. The fourth-order valence-electron chi connectivity index (χ4n) is 4.56. The monoisotopic (exact) mass is 513 g/mol. The van der Waals surface area contributed by atoms with Gasteiger partial charge in [-0.3, -0.25) is 9.59 Å². The number of hydrogen-bond donors (Lipinski definition) is 1. The second-order valence-corrected chi connectivity index (χ2v) is 9.79. The number of hydrogen-bond acceptors (Lipinski definition) is 7. The minimum atomic E-state index is -0.440. The van der Waals surface area contributed by atoms with E-state index in [1.165, 1.54) is 23.8 Å². The van der Waals surface area contributed by atoms with Crippen LogP contribution in [0, 0.1) is 17.8 Å². The molecule has 0 aromatic carbocycles. The lowest BCUT2D eigenvalue weighted by Gasteiger charge is -2.34. The van der Waals surface area contributed by atoms with Gasteiger partial charge in [-0.25, -0.2) is 9.97 Å². The standard InChI is InChI=1S/C23H29Cl2N3O4S/c1-32-18(30)13-14-3-5-15(6-4-14)16-7-9-17(10-8-16)28(11-12-29)22(31)19-20(24)26-23(33-2)27-21(19)25/h7,9-10,14-16,29H,3-6,8,11-13H2,1-2H3. The summed E-state index contributed by atoms with van der Waals surface area (Å²) in [6, 6.07) is 0. The first-order chi connectivity index (χ1) is 15.9. The first-order valence-electron chi connectivity index (χ1n) is 11.0. The number of methoxy groups -OCH3 is 1. The van der Waals surface area contributed by atoms with Gasteiger partial charge in [0.15, 0.2) is 5.16 Å². The Morgan fingerprint density at radius 1 is 1.21 bits per heavy atom. The van der Waals surface area contributed by atoms with E-state index >= 15 is 0 Å². The van der Waals surface area contributed by atoms with Gasteiger partial charge in [-0.2, -0.15) is 0 Å². The Hall–Kier alpha value is -1.61. The van der Waals surface area contributed by atoms with Crippen molar-refractivity contribution >= 4 is 46.8 Å². The molecule has 1 N–H and O–H groups in total. The van der Waals surface area contributed by atoms with E-state index < -0.39 is 5.91 Å². The maximum Gasteiger partial charge on any atom is 0.305 e. The quantitative estimate of drug-likeness (QED) is 0.231. The van der Waals surface area contributed by atoms with Crippen LogP contribution in [-0.2, 0) is 9.53 Å². The Kier molecular flexibility index (Phi) is 9.61. The number of rotatable bonds is 8. The van der Waals surface area contributed by atoms with Crippen molar-refractivity contribution in [3.8, 4) is 0 Å². The van der Waals surface area contributed by atoms with E-state index in [1.807, 2.05) is 12.2 Å². The highest BCUT2D eigenvalue weighted by Crippen LogP contribution is 2.39. The lowest BCUT2D eigenvalue weighted by atomic mass is 9.73. The number of carbonyl (C=O) groups excluding carboxylic acids is 2. The molecular weight excluding hydrogens is 485 g/mol. The molecule has 0 saturated heterocycles. The van der Waals surface area contributed by atoms with E-state index in [0.29, 0.717) is 35.0 Å². The molecule has 33 heavy (non-hydrogen) atoms. The predicted octanol–water partition coefficient (Wildman–Crippen LogP) is 4.77. The van der Waals surface area contributed by atoms with E-state index in [4.69, 9.17) is 27.9 Å². The number of aliphatic hydroxyl groups is 1. The lowest BCUT2D eigenvalue weighted by Crippen LogP contribution is -2.34. The number of ether oxygens (including phenoxy) is 1. The van der Waals surface area contributed by atoms with Crippen LogP contribution < -0.4 is 0 Å². The van der Waals surface area contributed by atoms with Crippen molar-refractivity contribution in [1.29, 1.82) is 0 Å². The van der Waals surface area contributed by atoms with Crippen LogP contribution in [0.3, 0.4) is 0 Å². The third kappa shape index (κ3) is 6.50. The van der Waals surface area contributed by atoms with Crippen LogP contribution in [-0.4, -0.2) is 58.4 Å². The number of amides is 1. The van der Waals surface area contributed by atoms with E-state index in [2.05, 4.69) is 16.0 Å². The van der Waals surface area contributed by atoms with Crippen LogP contribution in [0.5, 0.6) is 0 Å². The summed E-state index contributed by atoms with van der Waals surface area (Å²) in [6.45, 7) is -0.0984. The Bertz CT molecular complexity index is 909. The van der Waals surface area contributed by atoms with Crippen LogP contribution >= 0.6 is 35.0 Å². The number of aliphatic hydroxyl groups excluding tert-OH is 1. The number of aromatic nitrogens is 2. The molecule has 1 unspecified atom stereocenters. The SMILES string of the molecule is COC(=O)CC1CCC(C2C=CC(N(CCO)C(=O)c3c(Cl)nc(SC)nc3Cl)=CC2)CC1. The van der Waals surface area contributed by atoms with Crippen LogP contribution in [0.1, 0.15) is 48.9 Å². The molecule has 1 saturated carbocycles. The fraction of sp³-hybridized carbons (Fsp3) is 0.565. The molecule has 7 nitrogen and oxygen atoms in total. The smallest absolute Gasteiger partial charge is 0.305 e. The number of allylic oxidation sites excluding steroid dienone is 3. The van der Waals surface area contributed by atoms with Gasteiger partial charge in [0.05, 0.1) is 13.7 Å². The number of halogens is 2. The van der Waals surface area contributed by atoms with E-state index in [1.54, 1.807) is 6.26 Å². The zero-order valence-corrected chi connectivity index (χ0v) is 21.1. The molecular formula is C23H29Cl2N3O4S. The van der Waals surface area contributed by atoms with Gasteiger partial charge in [0, 0.05) is 18.7 Å². The summed E-state index contributed by atoms with van der Waals surface area (Å²) < 4.78 is 4.79. The summed E-state index contributed by atoms with van der Waals surface area (Å²) in [5, 5.41) is 9.94.